The SMILES string of the molecule is CC(NC1NC=C2C(CN(C(=O)NCc3ccccc3)C2(C)C)N1)C1CCCO1. The first-order valence-electron chi connectivity index (χ1n) is 10.6. The van der Waals surface area contributed by atoms with Crippen molar-refractivity contribution in [3.63, 3.8) is 0 Å². The number of hydrogen-bond donors (Lipinski definition) is 4. The Labute approximate surface area is 173 Å². The van der Waals surface area contributed by atoms with Crippen LogP contribution in [0.1, 0.15) is 39.2 Å². The van der Waals surface area contributed by atoms with Gasteiger partial charge in [0.25, 0.3) is 0 Å². The Hall–Kier alpha value is -2.09. The van der Waals surface area contributed by atoms with Gasteiger partial charge < -0.3 is 20.3 Å². The number of nitrogens with zero attached hydrogens (tertiary/aromatic N) is 1. The summed E-state index contributed by atoms with van der Waals surface area (Å²) in [6.45, 7) is 8.41. The van der Waals surface area contributed by atoms with Gasteiger partial charge in [0.05, 0.1) is 17.7 Å². The van der Waals surface area contributed by atoms with Crippen LogP contribution < -0.4 is 21.3 Å². The van der Waals surface area contributed by atoms with Gasteiger partial charge in [-0.25, -0.2) is 4.79 Å². The maximum Gasteiger partial charge on any atom is 0.318 e. The number of urea groups is 1. The molecule has 0 aromatic heterocycles. The van der Waals surface area contributed by atoms with E-state index in [2.05, 4.69) is 48.2 Å². The molecule has 4 unspecified atom stereocenters. The van der Waals surface area contributed by atoms with Crippen LogP contribution in [0.25, 0.3) is 0 Å². The van der Waals surface area contributed by atoms with E-state index in [1.807, 2.05) is 35.2 Å². The first-order chi connectivity index (χ1) is 13.9. The minimum atomic E-state index is -0.351. The third-order valence-corrected chi connectivity index (χ3v) is 6.38. The fraction of sp³-hybridized carbons (Fsp3) is 0.591. The lowest BCUT2D eigenvalue weighted by Gasteiger charge is -2.36. The summed E-state index contributed by atoms with van der Waals surface area (Å²) in [5.74, 6) is 0. The average molecular weight is 400 g/mol. The molecule has 2 saturated heterocycles. The van der Waals surface area contributed by atoms with Crippen molar-refractivity contribution in [3.8, 4) is 0 Å². The van der Waals surface area contributed by atoms with E-state index < -0.39 is 0 Å². The number of likely N-dealkylation sites (tertiary alicyclic amines) is 1. The van der Waals surface area contributed by atoms with Gasteiger partial charge >= 0.3 is 6.03 Å². The first-order valence-corrected chi connectivity index (χ1v) is 10.6. The standard InChI is InChI=1S/C22H33N5O2/c1-15(19-10-7-11-29-19)25-20-23-13-17-18(26-20)14-27(22(17,2)3)21(28)24-12-16-8-5-4-6-9-16/h4-6,8-9,13,15,18-20,23,25-26H,7,10-12,14H2,1-3H3,(H,24,28). The molecular weight excluding hydrogens is 366 g/mol. The maximum atomic E-state index is 12.9. The highest BCUT2D eigenvalue weighted by Crippen LogP contribution is 2.35. The zero-order chi connectivity index (χ0) is 20.4. The van der Waals surface area contributed by atoms with Gasteiger partial charge in [-0.1, -0.05) is 30.3 Å². The number of nitrogens with one attached hydrogen (secondary N) is 4. The normalized spacial score (nSPS) is 29.0. The summed E-state index contributed by atoms with van der Waals surface area (Å²) in [6, 6.07) is 10.4. The van der Waals surface area contributed by atoms with Crippen molar-refractivity contribution in [1.29, 1.82) is 0 Å². The van der Waals surface area contributed by atoms with Gasteiger partial charge in [0.2, 0.25) is 0 Å². The zero-order valence-corrected chi connectivity index (χ0v) is 17.6. The third-order valence-electron chi connectivity index (χ3n) is 6.38. The molecule has 0 bridgehead atoms. The minimum Gasteiger partial charge on any atom is -0.377 e. The second-order valence-electron chi connectivity index (χ2n) is 8.74. The lowest BCUT2D eigenvalue weighted by Crippen LogP contribution is -2.61. The van der Waals surface area contributed by atoms with E-state index in [1.165, 1.54) is 5.57 Å². The molecule has 7 nitrogen and oxygen atoms in total. The van der Waals surface area contributed by atoms with Gasteiger partial charge in [0.1, 0.15) is 6.29 Å². The summed E-state index contributed by atoms with van der Waals surface area (Å²) < 4.78 is 5.79. The third kappa shape index (κ3) is 4.27. The highest BCUT2D eigenvalue weighted by molar-refractivity contribution is 5.77. The second-order valence-corrected chi connectivity index (χ2v) is 8.74. The number of hydrogen-bond acceptors (Lipinski definition) is 5. The van der Waals surface area contributed by atoms with E-state index in [9.17, 15) is 4.79 Å². The van der Waals surface area contributed by atoms with Crippen molar-refractivity contribution in [2.75, 3.05) is 13.2 Å². The number of benzene rings is 1. The summed E-state index contributed by atoms with van der Waals surface area (Å²) in [7, 11) is 0. The highest BCUT2D eigenvalue weighted by atomic mass is 16.5. The molecule has 4 N–H and O–H groups in total. The van der Waals surface area contributed by atoms with E-state index in [0.29, 0.717) is 13.1 Å². The van der Waals surface area contributed by atoms with Crippen LogP contribution in [-0.2, 0) is 11.3 Å². The summed E-state index contributed by atoms with van der Waals surface area (Å²) >= 11 is 0. The second kappa shape index (κ2) is 8.34. The van der Waals surface area contributed by atoms with Crippen molar-refractivity contribution in [2.24, 2.45) is 0 Å². The zero-order valence-electron chi connectivity index (χ0n) is 17.6. The number of amides is 2. The molecule has 3 aliphatic heterocycles. The van der Waals surface area contributed by atoms with Crippen LogP contribution in [0.15, 0.2) is 42.1 Å². The summed E-state index contributed by atoms with van der Waals surface area (Å²) in [6.07, 6.45) is 4.55. The van der Waals surface area contributed by atoms with Crippen molar-refractivity contribution < 1.29 is 9.53 Å². The Bertz CT molecular complexity index is 745. The van der Waals surface area contributed by atoms with Gasteiger partial charge in [-0.05, 0) is 44.7 Å². The first kappa shape index (κ1) is 20.2. The lowest BCUT2D eigenvalue weighted by atomic mass is 9.92. The molecule has 3 aliphatic rings. The minimum absolute atomic E-state index is 0.0341. The van der Waals surface area contributed by atoms with Crippen molar-refractivity contribution in [3.05, 3.63) is 47.7 Å². The van der Waals surface area contributed by atoms with E-state index >= 15 is 0 Å². The molecule has 0 radical (unpaired) electrons. The van der Waals surface area contributed by atoms with Crippen molar-refractivity contribution in [2.45, 2.75) is 70.2 Å². The van der Waals surface area contributed by atoms with Gasteiger partial charge in [0, 0.05) is 31.9 Å². The molecule has 7 heteroatoms. The average Bonchev–Trinajstić information content (AvgIpc) is 3.34. The quantitative estimate of drug-likeness (QED) is 0.608. The molecule has 4 rings (SSSR count). The lowest BCUT2D eigenvalue weighted by molar-refractivity contribution is 0.0754. The number of ether oxygens (including phenoxy) is 1. The van der Waals surface area contributed by atoms with E-state index in [0.717, 1.165) is 25.0 Å². The van der Waals surface area contributed by atoms with Crippen LogP contribution in [0.3, 0.4) is 0 Å². The van der Waals surface area contributed by atoms with Gasteiger partial charge in [-0.15, -0.1) is 0 Å². The molecule has 0 saturated carbocycles. The molecule has 1 aromatic carbocycles. The van der Waals surface area contributed by atoms with Crippen molar-refractivity contribution >= 4 is 6.03 Å². The van der Waals surface area contributed by atoms with E-state index in [4.69, 9.17) is 4.74 Å². The van der Waals surface area contributed by atoms with Crippen LogP contribution in [0.5, 0.6) is 0 Å². The Morgan fingerprint density at radius 3 is 2.86 bits per heavy atom. The van der Waals surface area contributed by atoms with Crippen LogP contribution in [0.2, 0.25) is 0 Å². The highest BCUT2D eigenvalue weighted by Gasteiger charge is 2.47. The maximum absolute atomic E-state index is 12.9. The molecule has 3 heterocycles. The van der Waals surface area contributed by atoms with Crippen molar-refractivity contribution in [1.82, 2.24) is 26.2 Å². The predicted molar refractivity (Wildman–Crippen MR) is 113 cm³/mol. The molecule has 0 spiro atoms. The molecule has 4 atom stereocenters. The number of carbonyl (C=O) groups is 1. The number of carbonyl (C=O) groups excluding carboxylic acids is 1. The molecule has 158 valence electrons. The molecule has 2 amide bonds. The molecule has 2 fully saturated rings. The Kier molecular flexibility index (Phi) is 5.81. The Balaban J connectivity index is 1.35. The van der Waals surface area contributed by atoms with E-state index in [1.54, 1.807) is 0 Å². The molecule has 29 heavy (non-hydrogen) atoms. The van der Waals surface area contributed by atoms with Crippen LogP contribution in [0, 0.1) is 0 Å². The molecule has 1 aromatic rings. The fourth-order valence-corrected chi connectivity index (χ4v) is 4.60. The molecule has 0 aliphatic carbocycles. The summed E-state index contributed by atoms with van der Waals surface area (Å²) in [4.78, 5) is 14.8. The smallest absolute Gasteiger partial charge is 0.318 e. The number of fused-ring (bicyclic) bond motifs is 1. The molecular formula is C22H33N5O2. The summed E-state index contributed by atoms with van der Waals surface area (Å²) in [5, 5.41) is 13.7. The van der Waals surface area contributed by atoms with E-state index in [-0.39, 0.29) is 36.0 Å². The predicted octanol–water partition coefficient (Wildman–Crippen LogP) is 1.88. The summed E-state index contributed by atoms with van der Waals surface area (Å²) in [5.41, 5.74) is 1.95. The van der Waals surface area contributed by atoms with Crippen LogP contribution >= 0.6 is 0 Å². The fourth-order valence-electron chi connectivity index (χ4n) is 4.60. The monoisotopic (exact) mass is 399 g/mol. The van der Waals surface area contributed by atoms with Gasteiger partial charge in [-0.2, -0.15) is 0 Å². The van der Waals surface area contributed by atoms with Crippen LogP contribution in [-0.4, -0.2) is 54.1 Å². The van der Waals surface area contributed by atoms with Crippen LogP contribution in [0.4, 0.5) is 4.79 Å². The number of rotatable bonds is 5. The Morgan fingerprint density at radius 2 is 2.14 bits per heavy atom. The Morgan fingerprint density at radius 1 is 1.34 bits per heavy atom. The van der Waals surface area contributed by atoms with Gasteiger partial charge in [-0.3, -0.25) is 10.6 Å². The largest absolute Gasteiger partial charge is 0.377 e. The van der Waals surface area contributed by atoms with Gasteiger partial charge in [0.15, 0.2) is 0 Å². The topological polar surface area (TPSA) is 77.7 Å².